The lowest BCUT2D eigenvalue weighted by Crippen LogP contribution is -2.23. The van der Waals surface area contributed by atoms with E-state index in [-0.39, 0.29) is 26.4 Å². The van der Waals surface area contributed by atoms with Crippen molar-refractivity contribution in [2.75, 3.05) is 44.1 Å². The normalized spacial score (nSPS) is 12.8. The Morgan fingerprint density at radius 1 is 1.00 bits per heavy atom. The SMILES string of the molecule is CCOP(=O)(OCC)C(F)(F)CCOCCOCCI. The van der Waals surface area contributed by atoms with Crippen molar-refractivity contribution in [2.24, 2.45) is 0 Å². The summed E-state index contributed by atoms with van der Waals surface area (Å²) in [6.45, 7) is 3.72. The molecule has 0 radical (unpaired) electrons. The van der Waals surface area contributed by atoms with Gasteiger partial charge < -0.3 is 18.5 Å². The van der Waals surface area contributed by atoms with Crippen molar-refractivity contribution in [2.45, 2.75) is 25.9 Å². The highest BCUT2D eigenvalue weighted by atomic mass is 127. The minimum Gasteiger partial charge on any atom is -0.379 e. The standard InChI is InChI=1S/C11H22F2IO5P/c1-3-18-20(15,19-4-2)11(12,13)5-7-16-9-10-17-8-6-14/h3-10H2,1-2H3. The zero-order valence-electron chi connectivity index (χ0n) is 11.8. The molecule has 0 atom stereocenters. The van der Waals surface area contributed by atoms with Crippen molar-refractivity contribution < 1.29 is 31.9 Å². The molecule has 0 unspecified atom stereocenters. The third-order valence-electron chi connectivity index (χ3n) is 2.14. The summed E-state index contributed by atoms with van der Waals surface area (Å²) in [7, 11) is -4.43. The first-order chi connectivity index (χ1) is 9.43. The molecule has 5 nitrogen and oxygen atoms in total. The average molecular weight is 430 g/mol. The van der Waals surface area contributed by atoms with Gasteiger partial charge in [-0.15, -0.1) is 0 Å². The molecule has 0 spiro atoms. The Labute approximate surface area is 132 Å². The molecule has 0 rings (SSSR count). The topological polar surface area (TPSA) is 54.0 Å². The molecule has 0 saturated heterocycles. The number of halogens is 3. The minimum absolute atomic E-state index is 0.0993. The van der Waals surface area contributed by atoms with Crippen molar-refractivity contribution in [1.82, 2.24) is 0 Å². The molecule has 122 valence electrons. The van der Waals surface area contributed by atoms with Crippen LogP contribution in [0.5, 0.6) is 0 Å². The zero-order valence-corrected chi connectivity index (χ0v) is 14.8. The first kappa shape index (κ1) is 20.7. The maximum atomic E-state index is 13.9. The van der Waals surface area contributed by atoms with Crippen LogP contribution in [0.15, 0.2) is 0 Å². The average Bonchev–Trinajstić information content (AvgIpc) is 2.38. The first-order valence-electron chi connectivity index (χ1n) is 6.42. The number of hydrogen-bond donors (Lipinski definition) is 0. The van der Waals surface area contributed by atoms with E-state index in [1.165, 1.54) is 13.8 Å². The summed E-state index contributed by atoms with van der Waals surface area (Å²) in [4.78, 5) is 0. The fraction of sp³-hybridized carbons (Fsp3) is 1.00. The van der Waals surface area contributed by atoms with Gasteiger partial charge >= 0.3 is 13.3 Å². The van der Waals surface area contributed by atoms with Gasteiger partial charge in [0.15, 0.2) is 0 Å². The van der Waals surface area contributed by atoms with Gasteiger partial charge in [-0.1, -0.05) is 22.6 Å². The summed E-state index contributed by atoms with van der Waals surface area (Å²) in [6, 6.07) is 0. The Balaban J connectivity index is 4.11. The second kappa shape index (κ2) is 11.3. The molecule has 20 heavy (non-hydrogen) atoms. The van der Waals surface area contributed by atoms with Crippen molar-refractivity contribution >= 4 is 30.2 Å². The molecule has 0 saturated carbocycles. The van der Waals surface area contributed by atoms with Crippen LogP contribution >= 0.6 is 30.2 Å². The van der Waals surface area contributed by atoms with Gasteiger partial charge in [-0.05, 0) is 13.8 Å². The van der Waals surface area contributed by atoms with Crippen molar-refractivity contribution in [1.29, 1.82) is 0 Å². The third kappa shape index (κ3) is 7.61. The minimum atomic E-state index is -4.43. The highest BCUT2D eigenvalue weighted by Crippen LogP contribution is 2.63. The number of alkyl halides is 3. The summed E-state index contributed by atoms with van der Waals surface area (Å²) in [5.41, 5.74) is -3.55. The quantitative estimate of drug-likeness (QED) is 0.193. The van der Waals surface area contributed by atoms with Crippen molar-refractivity contribution in [3.8, 4) is 0 Å². The summed E-state index contributed by atoms with van der Waals surface area (Å²) in [6.07, 6.45) is -0.712. The molecule has 0 amide bonds. The number of ether oxygens (including phenoxy) is 2. The first-order valence-corrected chi connectivity index (χ1v) is 9.48. The monoisotopic (exact) mass is 430 g/mol. The van der Waals surface area contributed by atoms with Crippen LogP contribution in [0, 0.1) is 0 Å². The van der Waals surface area contributed by atoms with Crippen molar-refractivity contribution in [3.05, 3.63) is 0 Å². The van der Waals surface area contributed by atoms with Gasteiger partial charge in [0.1, 0.15) is 0 Å². The van der Waals surface area contributed by atoms with Gasteiger partial charge in [-0.3, -0.25) is 4.57 Å². The summed E-state index contributed by atoms with van der Waals surface area (Å²) in [5, 5.41) is 0. The summed E-state index contributed by atoms with van der Waals surface area (Å²) >= 11 is 2.17. The van der Waals surface area contributed by atoms with E-state index < -0.39 is 19.7 Å². The van der Waals surface area contributed by atoms with Gasteiger partial charge in [-0.25, -0.2) is 0 Å². The van der Waals surface area contributed by atoms with E-state index in [4.69, 9.17) is 9.47 Å². The Morgan fingerprint density at radius 3 is 1.95 bits per heavy atom. The van der Waals surface area contributed by atoms with E-state index in [2.05, 4.69) is 31.6 Å². The van der Waals surface area contributed by atoms with Gasteiger partial charge in [-0.2, -0.15) is 8.78 Å². The lowest BCUT2D eigenvalue weighted by molar-refractivity contribution is -0.00739. The van der Waals surface area contributed by atoms with E-state index >= 15 is 0 Å². The molecule has 9 heteroatoms. The molecule has 0 aromatic rings. The fourth-order valence-corrected chi connectivity index (χ4v) is 3.08. The smallest absolute Gasteiger partial charge is 0.379 e. The maximum Gasteiger partial charge on any atom is 0.399 e. The Hall–Kier alpha value is 0.660. The highest BCUT2D eigenvalue weighted by molar-refractivity contribution is 14.1. The van der Waals surface area contributed by atoms with Crippen LogP contribution in [0.2, 0.25) is 0 Å². The van der Waals surface area contributed by atoms with Crippen LogP contribution in [0.1, 0.15) is 20.3 Å². The molecular weight excluding hydrogens is 408 g/mol. The lowest BCUT2D eigenvalue weighted by Gasteiger charge is -2.25. The maximum absolute atomic E-state index is 13.9. The van der Waals surface area contributed by atoms with Gasteiger partial charge in [0.25, 0.3) is 0 Å². The third-order valence-corrected chi connectivity index (χ3v) is 4.80. The van der Waals surface area contributed by atoms with Gasteiger partial charge in [0.2, 0.25) is 0 Å². The largest absolute Gasteiger partial charge is 0.399 e. The molecule has 0 bridgehead atoms. The molecule has 0 aromatic heterocycles. The molecule has 0 aromatic carbocycles. The Kier molecular flexibility index (Phi) is 11.6. The fourth-order valence-electron chi connectivity index (χ4n) is 1.27. The molecule has 0 N–H and O–H groups in total. The second-order valence-corrected chi connectivity index (χ2v) is 6.91. The van der Waals surface area contributed by atoms with Crippen LogP contribution < -0.4 is 0 Å². The Bertz CT molecular complexity index is 284. The molecule has 0 heterocycles. The predicted octanol–water partition coefficient (Wildman–Crippen LogP) is 3.70. The van der Waals surface area contributed by atoms with Gasteiger partial charge in [0.05, 0.1) is 39.6 Å². The number of rotatable bonds is 13. The molecular formula is C11H22F2IO5P. The Morgan fingerprint density at radius 2 is 1.50 bits per heavy atom. The summed E-state index contributed by atoms with van der Waals surface area (Å²) < 4.78 is 60.0. The van der Waals surface area contributed by atoms with Crippen LogP contribution in [0.3, 0.4) is 0 Å². The lowest BCUT2D eigenvalue weighted by atomic mass is 10.5. The van der Waals surface area contributed by atoms with Gasteiger partial charge in [0, 0.05) is 10.8 Å². The summed E-state index contributed by atoms with van der Waals surface area (Å²) in [5.74, 6) is 0. The molecule has 0 aliphatic heterocycles. The van der Waals surface area contributed by atoms with Crippen LogP contribution in [0.4, 0.5) is 8.78 Å². The second-order valence-electron chi connectivity index (χ2n) is 3.66. The van der Waals surface area contributed by atoms with E-state index in [0.29, 0.717) is 13.2 Å². The molecule has 0 aliphatic rings. The molecule has 0 aliphatic carbocycles. The van der Waals surface area contributed by atoms with E-state index in [1.54, 1.807) is 0 Å². The number of hydrogen-bond acceptors (Lipinski definition) is 5. The van der Waals surface area contributed by atoms with E-state index in [0.717, 1.165) is 4.43 Å². The van der Waals surface area contributed by atoms with Crippen molar-refractivity contribution in [3.63, 3.8) is 0 Å². The van der Waals surface area contributed by atoms with E-state index in [9.17, 15) is 13.3 Å². The van der Waals surface area contributed by atoms with Crippen LogP contribution in [0.25, 0.3) is 0 Å². The van der Waals surface area contributed by atoms with Crippen LogP contribution in [-0.4, -0.2) is 49.7 Å². The molecule has 0 fully saturated rings. The van der Waals surface area contributed by atoms with E-state index in [1.807, 2.05) is 0 Å². The van der Waals surface area contributed by atoms with Crippen LogP contribution in [-0.2, 0) is 23.1 Å². The predicted molar refractivity (Wildman–Crippen MR) is 80.9 cm³/mol. The zero-order chi connectivity index (χ0) is 15.5. The highest BCUT2D eigenvalue weighted by Gasteiger charge is 2.52.